The Bertz CT molecular complexity index is 673. The van der Waals surface area contributed by atoms with Crippen molar-refractivity contribution in [1.82, 2.24) is 0 Å². The summed E-state index contributed by atoms with van der Waals surface area (Å²) in [5.74, 6) is 0.887. The van der Waals surface area contributed by atoms with Crippen molar-refractivity contribution in [1.29, 1.82) is 0 Å². The van der Waals surface area contributed by atoms with E-state index in [1.165, 1.54) is 0 Å². The molecular weight excluding hydrogens is 297 g/mol. The van der Waals surface area contributed by atoms with Gasteiger partial charge in [-0.05, 0) is 36.8 Å². The van der Waals surface area contributed by atoms with Gasteiger partial charge in [0.2, 0.25) is 0 Å². The van der Waals surface area contributed by atoms with E-state index < -0.39 is 0 Å². The molecule has 1 aliphatic heterocycles. The summed E-state index contributed by atoms with van der Waals surface area (Å²) in [6, 6.07) is 8.74. The lowest BCUT2D eigenvalue weighted by Crippen LogP contribution is -2.12. The molecule has 1 heterocycles. The number of aryl methyl sites for hydroxylation is 1. The second kappa shape index (κ2) is 5.08. The van der Waals surface area contributed by atoms with Crippen LogP contribution < -0.4 is 10.1 Å². The summed E-state index contributed by atoms with van der Waals surface area (Å²) in [6.07, 6.45) is 0. The van der Waals surface area contributed by atoms with Crippen LogP contribution in [0.15, 0.2) is 30.3 Å². The number of fused-ring (bicyclic) bond motifs is 1. The predicted molar refractivity (Wildman–Crippen MR) is 81.2 cm³/mol. The van der Waals surface area contributed by atoms with Crippen LogP contribution in [0, 0.1) is 6.92 Å². The van der Waals surface area contributed by atoms with Crippen LogP contribution in [-0.2, 0) is 0 Å². The largest absolute Gasteiger partial charge is 0.508 e. The SMILES string of the molecule is Cc1cc(Cl)c(NC2COc3cc(O)ccc32)cc1Cl. The van der Waals surface area contributed by atoms with Crippen LogP contribution in [0.5, 0.6) is 11.5 Å². The monoisotopic (exact) mass is 309 g/mol. The zero-order valence-electron chi connectivity index (χ0n) is 10.8. The number of anilines is 1. The number of hydrogen-bond acceptors (Lipinski definition) is 3. The van der Waals surface area contributed by atoms with Crippen LogP contribution in [0.3, 0.4) is 0 Å². The summed E-state index contributed by atoms with van der Waals surface area (Å²) in [5.41, 5.74) is 2.71. The van der Waals surface area contributed by atoms with Gasteiger partial charge in [0.05, 0.1) is 16.8 Å². The summed E-state index contributed by atoms with van der Waals surface area (Å²) in [6.45, 7) is 2.40. The van der Waals surface area contributed by atoms with Crippen molar-refractivity contribution in [3.63, 3.8) is 0 Å². The van der Waals surface area contributed by atoms with Gasteiger partial charge in [0.15, 0.2) is 0 Å². The molecule has 0 fully saturated rings. The zero-order valence-corrected chi connectivity index (χ0v) is 12.3. The summed E-state index contributed by atoms with van der Waals surface area (Å²) in [5, 5.41) is 14.1. The van der Waals surface area contributed by atoms with E-state index in [4.69, 9.17) is 27.9 Å². The van der Waals surface area contributed by atoms with Crippen LogP contribution in [0.25, 0.3) is 0 Å². The number of halogens is 2. The number of aromatic hydroxyl groups is 1. The Hall–Kier alpha value is -1.58. The Balaban J connectivity index is 1.89. The van der Waals surface area contributed by atoms with Crippen molar-refractivity contribution in [2.75, 3.05) is 11.9 Å². The minimum Gasteiger partial charge on any atom is -0.508 e. The summed E-state index contributed by atoms with van der Waals surface area (Å²) in [7, 11) is 0. The standard InChI is InChI=1S/C15H13Cl2NO2/c1-8-4-12(17)13(6-11(8)16)18-14-7-20-15-5-9(19)2-3-10(14)15/h2-6,14,18-19H,7H2,1H3. The highest BCUT2D eigenvalue weighted by molar-refractivity contribution is 6.35. The van der Waals surface area contributed by atoms with Crippen LogP contribution >= 0.6 is 23.2 Å². The minimum absolute atomic E-state index is 0.0122. The predicted octanol–water partition coefficient (Wildman–Crippen LogP) is 4.55. The van der Waals surface area contributed by atoms with E-state index >= 15 is 0 Å². The normalized spacial score (nSPS) is 16.6. The number of phenolic OH excluding ortho intramolecular Hbond substituents is 1. The third-order valence-corrected chi connectivity index (χ3v) is 4.08. The molecule has 0 amide bonds. The third kappa shape index (κ3) is 2.39. The lowest BCUT2D eigenvalue weighted by molar-refractivity contribution is 0.338. The topological polar surface area (TPSA) is 41.5 Å². The second-order valence-corrected chi connectivity index (χ2v) is 5.63. The van der Waals surface area contributed by atoms with Crippen molar-refractivity contribution >= 4 is 28.9 Å². The first-order valence-electron chi connectivity index (χ1n) is 6.22. The zero-order chi connectivity index (χ0) is 14.3. The molecule has 104 valence electrons. The fraction of sp³-hybridized carbons (Fsp3) is 0.200. The Kier molecular flexibility index (Phi) is 3.40. The smallest absolute Gasteiger partial charge is 0.128 e. The van der Waals surface area contributed by atoms with Gasteiger partial charge in [-0.15, -0.1) is 0 Å². The Morgan fingerprint density at radius 2 is 2.00 bits per heavy atom. The quantitative estimate of drug-likeness (QED) is 0.855. The van der Waals surface area contributed by atoms with E-state index in [1.807, 2.05) is 25.1 Å². The molecule has 1 aliphatic rings. The van der Waals surface area contributed by atoms with Crippen LogP contribution in [0.4, 0.5) is 5.69 Å². The highest BCUT2D eigenvalue weighted by Gasteiger charge is 2.25. The average molecular weight is 310 g/mol. The van der Waals surface area contributed by atoms with Gasteiger partial charge >= 0.3 is 0 Å². The molecule has 0 aromatic heterocycles. The molecule has 2 aromatic rings. The van der Waals surface area contributed by atoms with E-state index in [0.29, 0.717) is 22.4 Å². The Labute approximate surface area is 127 Å². The van der Waals surface area contributed by atoms with E-state index in [-0.39, 0.29) is 11.8 Å². The van der Waals surface area contributed by atoms with E-state index in [9.17, 15) is 5.11 Å². The number of phenols is 1. The molecule has 3 nitrogen and oxygen atoms in total. The highest BCUT2D eigenvalue weighted by Crippen LogP contribution is 2.38. The molecule has 2 N–H and O–H groups in total. The summed E-state index contributed by atoms with van der Waals surface area (Å²) < 4.78 is 5.56. The molecule has 1 unspecified atom stereocenters. The van der Waals surface area contributed by atoms with Crippen LogP contribution in [0.2, 0.25) is 10.0 Å². The minimum atomic E-state index is -0.0122. The lowest BCUT2D eigenvalue weighted by atomic mass is 10.1. The van der Waals surface area contributed by atoms with E-state index in [2.05, 4.69) is 5.32 Å². The number of rotatable bonds is 2. The van der Waals surface area contributed by atoms with Gasteiger partial charge in [0.1, 0.15) is 18.1 Å². The molecule has 0 spiro atoms. The van der Waals surface area contributed by atoms with Crippen molar-refractivity contribution in [2.45, 2.75) is 13.0 Å². The average Bonchev–Trinajstić information content (AvgIpc) is 2.78. The first kappa shape index (κ1) is 13.4. The van der Waals surface area contributed by atoms with Crippen molar-refractivity contribution in [2.24, 2.45) is 0 Å². The third-order valence-electron chi connectivity index (χ3n) is 3.36. The molecule has 0 radical (unpaired) electrons. The fourth-order valence-corrected chi connectivity index (χ4v) is 2.70. The van der Waals surface area contributed by atoms with Gasteiger partial charge in [-0.25, -0.2) is 0 Å². The molecule has 0 saturated carbocycles. The van der Waals surface area contributed by atoms with Crippen LogP contribution in [0.1, 0.15) is 17.2 Å². The van der Waals surface area contributed by atoms with Gasteiger partial charge < -0.3 is 15.2 Å². The molecule has 0 aliphatic carbocycles. The lowest BCUT2D eigenvalue weighted by Gasteiger charge is -2.15. The van der Waals surface area contributed by atoms with Crippen molar-refractivity contribution in [3.8, 4) is 11.5 Å². The van der Waals surface area contributed by atoms with Gasteiger partial charge in [-0.3, -0.25) is 0 Å². The van der Waals surface area contributed by atoms with E-state index in [0.717, 1.165) is 16.8 Å². The first-order valence-corrected chi connectivity index (χ1v) is 6.98. The second-order valence-electron chi connectivity index (χ2n) is 4.81. The number of benzene rings is 2. The Morgan fingerprint density at radius 1 is 1.20 bits per heavy atom. The molecule has 2 aromatic carbocycles. The number of hydrogen-bond donors (Lipinski definition) is 2. The highest BCUT2D eigenvalue weighted by atomic mass is 35.5. The summed E-state index contributed by atoms with van der Waals surface area (Å²) in [4.78, 5) is 0. The molecule has 20 heavy (non-hydrogen) atoms. The number of nitrogens with one attached hydrogen (secondary N) is 1. The summed E-state index contributed by atoms with van der Waals surface area (Å²) >= 11 is 12.4. The fourth-order valence-electron chi connectivity index (χ4n) is 2.26. The van der Waals surface area contributed by atoms with Gasteiger partial charge in [0.25, 0.3) is 0 Å². The maximum atomic E-state index is 9.44. The van der Waals surface area contributed by atoms with E-state index in [1.54, 1.807) is 12.1 Å². The molecule has 1 atom stereocenters. The molecule has 0 bridgehead atoms. The van der Waals surface area contributed by atoms with Gasteiger partial charge in [-0.1, -0.05) is 23.2 Å². The maximum absolute atomic E-state index is 9.44. The maximum Gasteiger partial charge on any atom is 0.128 e. The van der Waals surface area contributed by atoms with Gasteiger partial charge in [0, 0.05) is 16.7 Å². The molecule has 5 heteroatoms. The molecule has 0 saturated heterocycles. The van der Waals surface area contributed by atoms with Gasteiger partial charge in [-0.2, -0.15) is 0 Å². The Morgan fingerprint density at radius 3 is 2.80 bits per heavy atom. The van der Waals surface area contributed by atoms with Crippen molar-refractivity contribution < 1.29 is 9.84 Å². The first-order chi connectivity index (χ1) is 9.54. The molecule has 3 rings (SSSR count). The van der Waals surface area contributed by atoms with Crippen LogP contribution in [-0.4, -0.2) is 11.7 Å². The van der Waals surface area contributed by atoms with Crippen molar-refractivity contribution in [3.05, 3.63) is 51.5 Å². The number of ether oxygens (including phenoxy) is 1. The molecular formula is C15H13Cl2NO2.